The van der Waals surface area contributed by atoms with Gasteiger partial charge in [0.1, 0.15) is 17.4 Å². The summed E-state index contributed by atoms with van der Waals surface area (Å²) in [7, 11) is 0. The number of carbonyl (C=O) groups excluding carboxylic acids is 2. The van der Waals surface area contributed by atoms with Gasteiger partial charge in [-0.15, -0.1) is 0 Å². The number of benzene rings is 3. The number of para-hydroxylation sites is 1. The minimum atomic E-state index is -0.543. The molecule has 1 heterocycles. The fourth-order valence-electron chi connectivity index (χ4n) is 3.23. The van der Waals surface area contributed by atoms with Crippen LogP contribution in [-0.4, -0.2) is 18.4 Å². The number of hydrazine groups is 1. The Hall–Kier alpha value is -4.31. The fraction of sp³-hybridized carbons (Fsp3) is 0.0870. The van der Waals surface area contributed by atoms with E-state index in [4.69, 9.17) is 14.4 Å². The number of ether oxygens (including phenoxy) is 1. The highest BCUT2D eigenvalue weighted by molar-refractivity contribution is 6.08. The summed E-state index contributed by atoms with van der Waals surface area (Å²) in [6.45, 7) is -0.335. The Labute approximate surface area is 171 Å². The maximum absolute atomic E-state index is 12.3. The van der Waals surface area contributed by atoms with Crippen LogP contribution in [0, 0.1) is 11.3 Å². The lowest BCUT2D eigenvalue weighted by atomic mass is 10.0. The van der Waals surface area contributed by atoms with E-state index in [9.17, 15) is 9.59 Å². The number of furan rings is 1. The maximum atomic E-state index is 12.3. The molecule has 0 saturated carbocycles. The Kier molecular flexibility index (Phi) is 5.31. The van der Waals surface area contributed by atoms with E-state index >= 15 is 0 Å². The number of fused-ring (bicyclic) bond motifs is 3. The van der Waals surface area contributed by atoms with E-state index in [0.29, 0.717) is 16.9 Å². The van der Waals surface area contributed by atoms with Crippen molar-refractivity contribution in [1.29, 1.82) is 5.26 Å². The maximum Gasteiger partial charge on any atom is 0.276 e. The summed E-state index contributed by atoms with van der Waals surface area (Å²) in [6.07, 6.45) is 1.60. The molecule has 3 aromatic carbocycles. The van der Waals surface area contributed by atoms with E-state index < -0.39 is 11.8 Å². The summed E-state index contributed by atoms with van der Waals surface area (Å²) in [6, 6.07) is 20.3. The average Bonchev–Trinajstić information content (AvgIpc) is 3.19. The van der Waals surface area contributed by atoms with Crippen LogP contribution in [0.25, 0.3) is 21.7 Å². The van der Waals surface area contributed by atoms with Gasteiger partial charge in [0.2, 0.25) is 5.91 Å². The highest BCUT2D eigenvalue weighted by Gasteiger charge is 2.14. The minimum absolute atomic E-state index is 0.0411. The summed E-state index contributed by atoms with van der Waals surface area (Å²) in [5, 5.41) is 12.0. The second-order valence-corrected chi connectivity index (χ2v) is 6.59. The number of hydrogen-bond donors (Lipinski definition) is 2. The molecule has 0 radical (unpaired) electrons. The van der Waals surface area contributed by atoms with Crippen molar-refractivity contribution in [3.8, 4) is 11.8 Å². The van der Waals surface area contributed by atoms with Gasteiger partial charge in [-0.3, -0.25) is 20.4 Å². The van der Waals surface area contributed by atoms with E-state index in [2.05, 4.69) is 10.9 Å². The molecule has 30 heavy (non-hydrogen) atoms. The van der Waals surface area contributed by atoms with E-state index in [1.165, 1.54) is 0 Å². The Morgan fingerprint density at radius 3 is 2.60 bits per heavy atom. The number of hydrogen-bond acceptors (Lipinski definition) is 5. The molecule has 0 aliphatic heterocycles. The van der Waals surface area contributed by atoms with Gasteiger partial charge in [0.05, 0.1) is 18.2 Å². The summed E-state index contributed by atoms with van der Waals surface area (Å²) < 4.78 is 10.9. The van der Waals surface area contributed by atoms with Crippen molar-refractivity contribution in [2.45, 2.75) is 6.42 Å². The van der Waals surface area contributed by atoms with Crippen molar-refractivity contribution >= 4 is 33.6 Å². The molecule has 2 N–H and O–H groups in total. The fourth-order valence-corrected chi connectivity index (χ4v) is 3.23. The third-order valence-electron chi connectivity index (χ3n) is 4.60. The second-order valence-electron chi connectivity index (χ2n) is 6.59. The molecule has 0 atom stereocenters. The van der Waals surface area contributed by atoms with Crippen molar-refractivity contribution in [2.75, 3.05) is 6.61 Å². The minimum Gasteiger partial charge on any atom is -0.482 e. The standard InChI is InChI=1S/C23H17N3O4/c24-12-16-6-2-4-8-19(16)30-14-22(28)26-25-21(27)11-17-13-29-20-10-9-15-5-1-3-7-18(15)23(17)20/h1-10,13H,11,14H2,(H,25,27)(H,26,28). The highest BCUT2D eigenvalue weighted by atomic mass is 16.5. The Morgan fingerprint density at radius 1 is 0.967 bits per heavy atom. The van der Waals surface area contributed by atoms with Crippen LogP contribution in [0.4, 0.5) is 0 Å². The second kappa shape index (κ2) is 8.37. The molecule has 0 unspecified atom stereocenters. The molecule has 7 heteroatoms. The van der Waals surface area contributed by atoms with Gasteiger partial charge in [-0.2, -0.15) is 5.26 Å². The average molecular weight is 399 g/mol. The van der Waals surface area contributed by atoms with Crippen molar-refractivity contribution in [2.24, 2.45) is 0 Å². The molecular formula is C23H17N3O4. The molecule has 0 fully saturated rings. The highest BCUT2D eigenvalue weighted by Crippen LogP contribution is 2.30. The Balaban J connectivity index is 1.37. The van der Waals surface area contributed by atoms with Gasteiger partial charge in [-0.1, -0.05) is 42.5 Å². The number of nitrogens with zero attached hydrogens (tertiary/aromatic N) is 1. The van der Waals surface area contributed by atoms with Crippen molar-refractivity contribution in [3.63, 3.8) is 0 Å². The summed E-state index contributed by atoms with van der Waals surface area (Å²) >= 11 is 0. The van der Waals surface area contributed by atoms with Gasteiger partial charge in [0, 0.05) is 10.9 Å². The third kappa shape index (κ3) is 3.93. The first-order chi connectivity index (χ1) is 14.7. The van der Waals surface area contributed by atoms with Crippen molar-refractivity contribution < 1.29 is 18.7 Å². The van der Waals surface area contributed by atoms with Crippen LogP contribution in [0.2, 0.25) is 0 Å². The van der Waals surface area contributed by atoms with E-state index in [1.54, 1.807) is 30.5 Å². The normalized spacial score (nSPS) is 10.5. The van der Waals surface area contributed by atoms with Crippen LogP contribution in [0.3, 0.4) is 0 Å². The van der Waals surface area contributed by atoms with E-state index in [1.807, 2.05) is 42.5 Å². The molecule has 0 bridgehead atoms. The molecule has 0 aliphatic carbocycles. The third-order valence-corrected chi connectivity index (χ3v) is 4.60. The van der Waals surface area contributed by atoms with Gasteiger partial charge in [0.15, 0.2) is 6.61 Å². The monoisotopic (exact) mass is 399 g/mol. The zero-order chi connectivity index (χ0) is 20.9. The lowest BCUT2D eigenvalue weighted by Crippen LogP contribution is -2.44. The van der Waals surface area contributed by atoms with Gasteiger partial charge in [-0.25, -0.2) is 0 Å². The number of carbonyl (C=O) groups is 2. The predicted molar refractivity (Wildman–Crippen MR) is 110 cm³/mol. The smallest absolute Gasteiger partial charge is 0.276 e. The number of nitriles is 1. The largest absolute Gasteiger partial charge is 0.482 e. The first kappa shape index (κ1) is 19.0. The van der Waals surface area contributed by atoms with Crippen LogP contribution < -0.4 is 15.6 Å². The molecule has 0 spiro atoms. The predicted octanol–water partition coefficient (Wildman–Crippen LogP) is 3.23. The van der Waals surface area contributed by atoms with Crippen LogP contribution in [0.5, 0.6) is 5.75 Å². The number of nitrogens with one attached hydrogen (secondary N) is 2. The summed E-state index contributed by atoms with van der Waals surface area (Å²) in [5.74, 6) is -0.631. The first-order valence-corrected chi connectivity index (χ1v) is 9.23. The molecule has 4 rings (SSSR count). The number of amides is 2. The van der Waals surface area contributed by atoms with Crippen LogP contribution in [-0.2, 0) is 16.0 Å². The quantitative estimate of drug-likeness (QED) is 0.502. The van der Waals surface area contributed by atoms with Gasteiger partial charge in [-0.05, 0) is 29.0 Å². The van der Waals surface area contributed by atoms with Crippen molar-refractivity contribution in [3.05, 3.63) is 78.1 Å². The first-order valence-electron chi connectivity index (χ1n) is 9.23. The lowest BCUT2D eigenvalue weighted by Gasteiger charge is -2.09. The topological polar surface area (TPSA) is 104 Å². The van der Waals surface area contributed by atoms with E-state index in [0.717, 1.165) is 21.7 Å². The molecule has 4 aromatic rings. The molecule has 148 valence electrons. The SMILES string of the molecule is N#Cc1ccccc1OCC(=O)NNC(=O)Cc1coc2ccc3ccccc3c12. The molecule has 2 amide bonds. The lowest BCUT2D eigenvalue weighted by molar-refractivity contribution is -0.129. The summed E-state index contributed by atoms with van der Waals surface area (Å²) in [4.78, 5) is 24.3. The molecule has 7 nitrogen and oxygen atoms in total. The summed E-state index contributed by atoms with van der Waals surface area (Å²) in [5.41, 5.74) is 6.44. The molecule has 0 saturated heterocycles. The Morgan fingerprint density at radius 2 is 1.73 bits per heavy atom. The van der Waals surface area contributed by atoms with Crippen LogP contribution in [0.15, 0.2) is 71.3 Å². The van der Waals surface area contributed by atoms with Gasteiger partial charge < -0.3 is 9.15 Å². The zero-order valence-corrected chi connectivity index (χ0v) is 15.8. The van der Waals surface area contributed by atoms with Crippen LogP contribution >= 0.6 is 0 Å². The molecule has 1 aromatic heterocycles. The van der Waals surface area contributed by atoms with Crippen molar-refractivity contribution in [1.82, 2.24) is 10.9 Å². The van der Waals surface area contributed by atoms with E-state index in [-0.39, 0.29) is 13.0 Å². The van der Waals surface area contributed by atoms with Gasteiger partial charge in [0.25, 0.3) is 5.91 Å². The molecule has 0 aliphatic rings. The number of rotatable bonds is 5. The Bertz CT molecular complexity index is 1290. The van der Waals surface area contributed by atoms with Crippen LogP contribution in [0.1, 0.15) is 11.1 Å². The van der Waals surface area contributed by atoms with Gasteiger partial charge >= 0.3 is 0 Å². The molecular weight excluding hydrogens is 382 g/mol. The zero-order valence-electron chi connectivity index (χ0n) is 15.8.